The van der Waals surface area contributed by atoms with Crippen molar-refractivity contribution < 1.29 is 9.13 Å². The molecule has 0 bridgehead atoms. The van der Waals surface area contributed by atoms with Crippen LogP contribution in [0.2, 0.25) is 5.02 Å². The highest BCUT2D eigenvalue weighted by atomic mass is 35.5. The van der Waals surface area contributed by atoms with Gasteiger partial charge in [-0.15, -0.1) is 0 Å². The van der Waals surface area contributed by atoms with E-state index >= 15 is 0 Å². The van der Waals surface area contributed by atoms with Crippen LogP contribution < -0.4 is 0 Å². The Morgan fingerprint density at radius 3 is 2.85 bits per heavy atom. The molecule has 1 aromatic heterocycles. The molecule has 3 rings (SSSR count). The van der Waals surface area contributed by atoms with Crippen LogP contribution in [0.1, 0.15) is 12.8 Å². The average molecular weight is 295 g/mol. The van der Waals surface area contributed by atoms with E-state index < -0.39 is 0 Å². The molecule has 20 heavy (non-hydrogen) atoms. The van der Waals surface area contributed by atoms with Crippen molar-refractivity contribution in [1.82, 2.24) is 9.55 Å². The summed E-state index contributed by atoms with van der Waals surface area (Å²) in [4.78, 5) is 4.34. The number of rotatable bonds is 3. The van der Waals surface area contributed by atoms with Gasteiger partial charge in [-0.3, -0.25) is 0 Å². The molecule has 1 fully saturated rings. The average Bonchev–Trinajstić information content (AvgIpc) is 2.87. The Morgan fingerprint density at radius 2 is 2.10 bits per heavy atom. The van der Waals surface area contributed by atoms with Crippen molar-refractivity contribution in [2.75, 3.05) is 13.2 Å². The Labute approximate surface area is 122 Å². The molecule has 0 saturated carbocycles. The van der Waals surface area contributed by atoms with Crippen molar-refractivity contribution in [1.29, 1.82) is 0 Å². The van der Waals surface area contributed by atoms with Crippen molar-refractivity contribution in [3.63, 3.8) is 0 Å². The lowest BCUT2D eigenvalue weighted by molar-refractivity contribution is 0.0614. The van der Waals surface area contributed by atoms with E-state index in [1.165, 1.54) is 12.1 Å². The fourth-order valence-electron chi connectivity index (χ4n) is 2.61. The molecule has 106 valence electrons. The van der Waals surface area contributed by atoms with E-state index in [-0.39, 0.29) is 5.82 Å². The first kappa shape index (κ1) is 13.6. The zero-order chi connectivity index (χ0) is 13.9. The van der Waals surface area contributed by atoms with Crippen LogP contribution in [0.4, 0.5) is 4.39 Å². The minimum Gasteiger partial charge on any atom is -0.381 e. The molecular formula is C15H16ClFN2O. The molecule has 0 aliphatic carbocycles. The van der Waals surface area contributed by atoms with Gasteiger partial charge in [-0.05, 0) is 37.0 Å². The fourth-order valence-corrected chi connectivity index (χ4v) is 2.83. The Kier molecular flexibility index (Phi) is 4.03. The second-order valence-corrected chi connectivity index (χ2v) is 5.55. The first-order valence-electron chi connectivity index (χ1n) is 6.78. The van der Waals surface area contributed by atoms with Gasteiger partial charge in [0.05, 0.1) is 0 Å². The van der Waals surface area contributed by atoms with Gasteiger partial charge in [0, 0.05) is 42.7 Å². The summed E-state index contributed by atoms with van der Waals surface area (Å²) in [5, 5.41) is 0.389. The van der Waals surface area contributed by atoms with Crippen molar-refractivity contribution in [2.45, 2.75) is 19.4 Å². The van der Waals surface area contributed by atoms with E-state index in [9.17, 15) is 4.39 Å². The summed E-state index contributed by atoms with van der Waals surface area (Å²) in [6.07, 6.45) is 5.79. The summed E-state index contributed by atoms with van der Waals surface area (Å²) in [7, 11) is 0. The highest BCUT2D eigenvalue weighted by molar-refractivity contribution is 6.30. The number of aromatic nitrogens is 2. The SMILES string of the molecule is Fc1cc(Cl)cc(-c2nccn2CC2CCOCC2)c1. The van der Waals surface area contributed by atoms with Crippen molar-refractivity contribution in [3.05, 3.63) is 41.4 Å². The van der Waals surface area contributed by atoms with Crippen molar-refractivity contribution in [3.8, 4) is 11.4 Å². The summed E-state index contributed by atoms with van der Waals surface area (Å²) in [6, 6.07) is 4.51. The Balaban J connectivity index is 1.85. The van der Waals surface area contributed by atoms with Gasteiger partial charge in [-0.1, -0.05) is 11.6 Å². The highest BCUT2D eigenvalue weighted by Gasteiger charge is 2.16. The summed E-state index contributed by atoms with van der Waals surface area (Å²) in [5.74, 6) is 1.01. The van der Waals surface area contributed by atoms with Crippen molar-refractivity contribution >= 4 is 11.6 Å². The van der Waals surface area contributed by atoms with Crippen LogP contribution in [-0.4, -0.2) is 22.8 Å². The molecule has 5 heteroatoms. The van der Waals surface area contributed by atoms with Gasteiger partial charge in [0.2, 0.25) is 0 Å². The van der Waals surface area contributed by atoms with Gasteiger partial charge >= 0.3 is 0 Å². The zero-order valence-electron chi connectivity index (χ0n) is 11.1. The van der Waals surface area contributed by atoms with Gasteiger partial charge in [0.15, 0.2) is 0 Å². The van der Waals surface area contributed by atoms with Crippen molar-refractivity contribution in [2.24, 2.45) is 5.92 Å². The van der Waals surface area contributed by atoms with Gasteiger partial charge in [0.1, 0.15) is 11.6 Å². The molecule has 0 spiro atoms. The van der Waals surface area contributed by atoms with Crippen LogP contribution in [0.15, 0.2) is 30.6 Å². The van der Waals surface area contributed by atoms with E-state index in [1.807, 2.05) is 6.20 Å². The highest BCUT2D eigenvalue weighted by Crippen LogP contribution is 2.25. The smallest absolute Gasteiger partial charge is 0.140 e. The largest absolute Gasteiger partial charge is 0.381 e. The molecule has 1 aromatic carbocycles. The quantitative estimate of drug-likeness (QED) is 0.861. The molecule has 0 unspecified atom stereocenters. The number of benzene rings is 1. The molecular weight excluding hydrogens is 279 g/mol. The minimum atomic E-state index is -0.340. The molecule has 3 nitrogen and oxygen atoms in total. The van der Waals surface area contributed by atoms with E-state index in [0.29, 0.717) is 16.5 Å². The lowest BCUT2D eigenvalue weighted by atomic mass is 10.0. The van der Waals surface area contributed by atoms with E-state index in [2.05, 4.69) is 9.55 Å². The standard InChI is InChI=1S/C15H16ClFN2O/c16-13-7-12(8-14(17)9-13)15-18-3-4-19(15)10-11-1-5-20-6-2-11/h3-4,7-9,11H,1-2,5-6,10H2. The molecule has 0 N–H and O–H groups in total. The summed E-state index contributed by atoms with van der Waals surface area (Å²) >= 11 is 5.92. The predicted molar refractivity (Wildman–Crippen MR) is 76.2 cm³/mol. The van der Waals surface area contributed by atoms with Crippen LogP contribution in [-0.2, 0) is 11.3 Å². The Bertz CT molecular complexity index is 573. The van der Waals surface area contributed by atoms with E-state index in [1.54, 1.807) is 12.3 Å². The number of nitrogens with zero attached hydrogens (tertiary/aromatic N) is 2. The number of hydrogen-bond donors (Lipinski definition) is 0. The van der Waals surface area contributed by atoms with Crippen LogP contribution in [0.3, 0.4) is 0 Å². The molecule has 1 saturated heterocycles. The number of hydrogen-bond acceptors (Lipinski definition) is 2. The predicted octanol–water partition coefficient (Wildman–Crippen LogP) is 3.77. The summed E-state index contributed by atoms with van der Waals surface area (Å²) < 4.78 is 20.9. The van der Waals surface area contributed by atoms with E-state index in [0.717, 1.165) is 38.4 Å². The number of ether oxygens (including phenoxy) is 1. The molecule has 1 aliphatic heterocycles. The first-order chi connectivity index (χ1) is 9.72. The molecule has 0 atom stereocenters. The van der Waals surface area contributed by atoms with E-state index in [4.69, 9.17) is 16.3 Å². The number of halogens is 2. The molecule has 0 amide bonds. The van der Waals surface area contributed by atoms with Gasteiger partial charge in [-0.2, -0.15) is 0 Å². The normalized spacial score (nSPS) is 16.5. The minimum absolute atomic E-state index is 0.340. The van der Waals surface area contributed by atoms with Crippen LogP contribution in [0, 0.1) is 11.7 Å². The van der Waals surface area contributed by atoms with Gasteiger partial charge in [-0.25, -0.2) is 9.37 Å². The third kappa shape index (κ3) is 3.02. The lowest BCUT2D eigenvalue weighted by Gasteiger charge is -2.23. The maximum Gasteiger partial charge on any atom is 0.140 e. The maximum atomic E-state index is 13.5. The lowest BCUT2D eigenvalue weighted by Crippen LogP contribution is -2.20. The Morgan fingerprint density at radius 1 is 1.30 bits per heavy atom. The molecule has 2 aromatic rings. The second-order valence-electron chi connectivity index (χ2n) is 5.12. The third-order valence-electron chi connectivity index (χ3n) is 3.63. The monoisotopic (exact) mass is 294 g/mol. The van der Waals surface area contributed by atoms with Gasteiger partial charge < -0.3 is 9.30 Å². The summed E-state index contributed by atoms with van der Waals surface area (Å²) in [5.41, 5.74) is 0.715. The fraction of sp³-hybridized carbons (Fsp3) is 0.400. The molecule has 1 aliphatic rings. The topological polar surface area (TPSA) is 27.1 Å². The molecule has 2 heterocycles. The summed E-state index contributed by atoms with van der Waals surface area (Å²) in [6.45, 7) is 2.52. The second kappa shape index (κ2) is 5.94. The first-order valence-corrected chi connectivity index (χ1v) is 7.15. The Hall–Kier alpha value is -1.39. The van der Waals surface area contributed by atoms with Crippen LogP contribution >= 0.6 is 11.6 Å². The maximum absolute atomic E-state index is 13.5. The molecule has 0 radical (unpaired) electrons. The van der Waals surface area contributed by atoms with Crippen LogP contribution in [0.25, 0.3) is 11.4 Å². The number of imidazole rings is 1. The zero-order valence-corrected chi connectivity index (χ0v) is 11.8. The van der Waals surface area contributed by atoms with Crippen LogP contribution in [0.5, 0.6) is 0 Å². The van der Waals surface area contributed by atoms with Gasteiger partial charge in [0.25, 0.3) is 0 Å². The third-order valence-corrected chi connectivity index (χ3v) is 3.85.